The van der Waals surface area contributed by atoms with Crippen LogP contribution in [0.15, 0.2) is 30.5 Å². The van der Waals surface area contributed by atoms with E-state index in [-0.39, 0.29) is 23.7 Å². The quantitative estimate of drug-likeness (QED) is 0.793. The first-order chi connectivity index (χ1) is 12.6. The molecule has 1 aromatic heterocycles. The molecular weight excluding hydrogens is 364 g/mol. The van der Waals surface area contributed by atoms with Gasteiger partial charge in [0.1, 0.15) is 0 Å². The molecule has 1 aliphatic heterocycles. The van der Waals surface area contributed by atoms with Gasteiger partial charge in [0.05, 0.1) is 29.7 Å². The second-order valence-corrected chi connectivity index (χ2v) is 7.21. The van der Waals surface area contributed by atoms with Gasteiger partial charge in [-0.05, 0) is 51.4 Å². The van der Waals surface area contributed by atoms with E-state index in [1.807, 2.05) is 42.8 Å². The second-order valence-electron chi connectivity index (χ2n) is 7.21. The number of carbonyl (C=O) groups is 1. The monoisotopic (exact) mass is 392 g/mol. The zero-order valence-electron chi connectivity index (χ0n) is 16.2. The maximum Gasteiger partial charge on any atom is 0.254 e. The van der Waals surface area contributed by atoms with E-state index in [0.29, 0.717) is 18.7 Å². The van der Waals surface area contributed by atoms with E-state index in [9.17, 15) is 4.79 Å². The van der Waals surface area contributed by atoms with Gasteiger partial charge >= 0.3 is 0 Å². The van der Waals surface area contributed by atoms with Crippen LogP contribution >= 0.6 is 12.4 Å². The number of halogens is 1. The van der Waals surface area contributed by atoms with Crippen LogP contribution in [0.2, 0.25) is 0 Å². The van der Waals surface area contributed by atoms with Gasteiger partial charge < -0.3 is 15.4 Å². The number of methoxy groups -OCH3 is 1. The molecule has 6 nitrogen and oxygen atoms in total. The molecule has 0 spiro atoms. The average molecular weight is 393 g/mol. The van der Waals surface area contributed by atoms with E-state index in [4.69, 9.17) is 4.74 Å². The Kier molecular flexibility index (Phi) is 7.41. The summed E-state index contributed by atoms with van der Waals surface area (Å²) in [5, 5.41) is 10.9. The predicted octanol–water partition coefficient (Wildman–Crippen LogP) is 2.66. The number of benzene rings is 1. The van der Waals surface area contributed by atoms with Gasteiger partial charge in [0, 0.05) is 19.1 Å². The Morgan fingerprint density at radius 3 is 2.67 bits per heavy atom. The largest absolute Gasteiger partial charge is 0.384 e. The molecule has 1 fully saturated rings. The molecule has 2 N–H and O–H groups in total. The Bertz CT molecular complexity index is 764. The zero-order valence-corrected chi connectivity index (χ0v) is 17.1. The van der Waals surface area contributed by atoms with Crippen LogP contribution in [0.25, 0.3) is 5.69 Å². The number of aromatic nitrogens is 2. The van der Waals surface area contributed by atoms with Gasteiger partial charge in [-0.1, -0.05) is 18.2 Å². The van der Waals surface area contributed by atoms with E-state index in [0.717, 1.165) is 42.9 Å². The summed E-state index contributed by atoms with van der Waals surface area (Å²) in [7, 11) is 1.72. The number of aryl methyl sites for hydroxylation is 1. The normalized spacial score (nSPS) is 15.8. The molecule has 0 bridgehead atoms. The molecule has 27 heavy (non-hydrogen) atoms. The van der Waals surface area contributed by atoms with Crippen LogP contribution < -0.4 is 10.6 Å². The number of ether oxygens (including phenoxy) is 1. The molecule has 1 aliphatic rings. The molecule has 0 saturated carbocycles. The summed E-state index contributed by atoms with van der Waals surface area (Å²) in [6.07, 6.45) is 3.66. The molecule has 0 unspecified atom stereocenters. The molecular formula is C20H29ClN4O2. The molecule has 2 aromatic rings. The van der Waals surface area contributed by atoms with Crippen molar-refractivity contribution in [1.82, 2.24) is 20.4 Å². The van der Waals surface area contributed by atoms with Crippen LogP contribution in [-0.2, 0) is 4.74 Å². The minimum absolute atomic E-state index is 0. The standard InChI is InChI=1S/C20H28N4O2.ClH/c1-15-6-4-5-7-18(15)24-16(2)17(12-23-24)19(25)22-13-20(14-26-3)8-10-21-11-9-20;/h4-7,12,21H,8-11,13-14H2,1-3H3,(H,22,25);1H. The topological polar surface area (TPSA) is 68.2 Å². The van der Waals surface area contributed by atoms with Gasteiger partial charge in [0.2, 0.25) is 0 Å². The van der Waals surface area contributed by atoms with Crippen LogP contribution in [0.4, 0.5) is 0 Å². The lowest BCUT2D eigenvalue weighted by atomic mass is 9.79. The van der Waals surface area contributed by atoms with Crippen molar-refractivity contribution in [3.63, 3.8) is 0 Å². The molecule has 148 valence electrons. The number of hydrogen-bond donors (Lipinski definition) is 2. The molecule has 3 rings (SSSR count). The highest BCUT2D eigenvalue weighted by Crippen LogP contribution is 2.28. The number of rotatable bonds is 6. The molecule has 1 saturated heterocycles. The lowest BCUT2D eigenvalue weighted by Gasteiger charge is -2.37. The fraction of sp³-hybridized carbons (Fsp3) is 0.500. The Balaban J connectivity index is 0.00000261. The van der Waals surface area contributed by atoms with Crippen LogP contribution in [0, 0.1) is 19.3 Å². The summed E-state index contributed by atoms with van der Waals surface area (Å²) in [5.74, 6) is -0.0728. The number of hydrogen-bond acceptors (Lipinski definition) is 4. The van der Waals surface area contributed by atoms with Crippen molar-refractivity contribution < 1.29 is 9.53 Å². The van der Waals surface area contributed by atoms with Gasteiger partial charge in [0.25, 0.3) is 5.91 Å². The number of piperidine rings is 1. The predicted molar refractivity (Wildman–Crippen MR) is 109 cm³/mol. The van der Waals surface area contributed by atoms with E-state index >= 15 is 0 Å². The first kappa shape index (κ1) is 21.4. The Morgan fingerprint density at radius 1 is 1.30 bits per heavy atom. The van der Waals surface area contributed by atoms with Crippen molar-refractivity contribution in [2.24, 2.45) is 5.41 Å². The molecule has 1 aromatic carbocycles. The maximum absolute atomic E-state index is 12.8. The van der Waals surface area contributed by atoms with Gasteiger partial charge in [-0.25, -0.2) is 4.68 Å². The molecule has 2 heterocycles. The number of para-hydroxylation sites is 1. The summed E-state index contributed by atoms with van der Waals surface area (Å²) in [6, 6.07) is 8.04. The lowest BCUT2D eigenvalue weighted by Crippen LogP contribution is -2.47. The van der Waals surface area contributed by atoms with Crippen molar-refractivity contribution >= 4 is 18.3 Å². The minimum atomic E-state index is -0.0728. The first-order valence-corrected chi connectivity index (χ1v) is 9.15. The summed E-state index contributed by atoms with van der Waals surface area (Å²) in [5.41, 5.74) is 3.60. The fourth-order valence-corrected chi connectivity index (χ4v) is 3.67. The van der Waals surface area contributed by atoms with Gasteiger partial charge in [-0.2, -0.15) is 5.10 Å². The number of nitrogens with one attached hydrogen (secondary N) is 2. The Hall–Kier alpha value is -1.89. The molecule has 0 radical (unpaired) electrons. The van der Waals surface area contributed by atoms with Gasteiger partial charge in [-0.3, -0.25) is 4.79 Å². The third-order valence-electron chi connectivity index (χ3n) is 5.34. The molecule has 0 aliphatic carbocycles. The number of amides is 1. The van der Waals surface area contributed by atoms with E-state index in [1.165, 1.54) is 0 Å². The van der Waals surface area contributed by atoms with E-state index in [2.05, 4.69) is 15.7 Å². The third kappa shape index (κ3) is 4.69. The van der Waals surface area contributed by atoms with E-state index in [1.54, 1.807) is 13.3 Å². The van der Waals surface area contributed by atoms with Crippen LogP contribution in [0.3, 0.4) is 0 Å². The number of carbonyl (C=O) groups excluding carboxylic acids is 1. The summed E-state index contributed by atoms with van der Waals surface area (Å²) in [6.45, 7) is 7.19. The smallest absolute Gasteiger partial charge is 0.254 e. The summed E-state index contributed by atoms with van der Waals surface area (Å²) >= 11 is 0. The highest BCUT2D eigenvalue weighted by atomic mass is 35.5. The lowest BCUT2D eigenvalue weighted by molar-refractivity contribution is 0.0511. The van der Waals surface area contributed by atoms with Gasteiger partial charge in [0.15, 0.2) is 0 Å². The van der Waals surface area contributed by atoms with Crippen molar-refractivity contribution in [2.45, 2.75) is 26.7 Å². The van der Waals surface area contributed by atoms with Gasteiger partial charge in [-0.15, -0.1) is 12.4 Å². The van der Waals surface area contributed by atoms with E-state index < -0.39 is 0 Å². The second kappa shape index (κ2) is 9.35. The Labute approximate surface area is 167 Å². The molecule has 0 atom stereocenters. The average Bonchev–Trinajstić information content (AvgIpc) is 3.03. The van der Waals surface area contributed by atoms with Crippen molar-refractivity contribution in [3.8, 4) is 5.69 Å². The highest BCUT2D eigenvalue weighted by molar-refractivity contribution is 5.95. The van der Waals surface area contributed by atoms with Crippen molar-refractivity contribution in [3.05, 3.63) is 47.3 Å². The highest BCUT2D eigenvalue weighted by Gasteiger charge is 2.32. The van der Waals surface area contributed by atoms with Crippen molar-refractivity contribution in [1.29, 1.82) is 0 Å². The molecule has 7 heteroatoms. The Morgan fingerprint density at radius 2 is 2.00 bits per heavy atom. The van der Waals surface area contributed by atoms with Crippen LogP contribution in [0.5, 0.6) is 0 Å². The zero-order chi connectivity index (χ0) is 18.6. The van der Waals surface area contributed by atoms with Crippen molar-refractivity contribution in [2.75, 3.05) is 33.4 Å². The van der Waals surface area contributed by atoms with Crippen LogP contribution in [0.1, 0.15) is 34.5 Å². The summed E-state index contributed by atoms with van der Waals surface area (Å²) in [4.78, 5) is 12.8. The molecule has 1 amide bonds. The van der Waals surface area contributed by atoms with Crippen LogP contribution in [-0.4, -0.2) is 49.0 Å². The third-order valence-corrected chi connectivity index (χ3v) is 5.34. The minimum Gasteiger partial charge on any atom is -0.384 e. The first-order valence-electron chi connectivity index (χ1n) is 9.15. The SMILES string of the molecule is COCC1(CNC(=O)c2cnn(-c3ccccc3C)c2C)CCNCC1.Cl. The summed E-state index contributed by atoms with van der Waals surface area (Å²) < 4.78 is 7.26. The number of nitrogens with zero attached hydrogens (tertiary/aromatic N) is 2. The maximum atomic E-state index is 12.8. The fourth-order valence-electron chi connectivity index (χ4n) is 3.67.